The second-order valence-electron chi connectivity index (χ2n) is 3.50. The zero-order valence-electron chi connectivity index (χ0n) is 8.22. The van der Waals surface area contributed by atoms with Crippen molar-refractivity contribution in [2.45, 2.75) is 5.75 Å². The molecule has 1 aromatic carbocycles. The molecule has 0 unspecified atom stereocenters. The molecule has 1 heterocycles. The van der Waals surface area contributed by atoms with E-state index >= 15 is 0 Å². The van der Waals surface area contributed by atoms with E-state index in [1.807, 2.05) is 12.1 Å². The van der Waals surface area contributed by atoms with E-state index in [0.717, 1.165) is 15.4 Å². The van der Waals surface area contributed by atoms with Gasteiger partial charge in [0.15, 0.2) is 0 Å². The molecule has 0 fully saturated rings. The van der Waals surface area contributed by atoms with Crippen LogP contribution in [0.2, 0.25) is 0 Å². The second kappa shape index (κ2) is 4.12. The summed E-state index contributed by atoms with van der Waals surface area (Å²) in [5.74, 6) is -0.154. The van der Waals surface area contributed by atoms with Crippen LogP contribution < -0.4 is 5.14 Å². The fourth-order valence-electron chi connectivity index (χ4n) is 1.49. The van der Waals surface area contributed by atoms with E-state index in [4.69, 9.17) is 5.14 Å². The predicted octanol–water partition coefficient (Wildman–Crippen LogP) is 1.79. The van der Waals surface area contributed by atoms with Gasteiger partial charge in [0.2, 0.25) is 10.0 Å². The van der Waals surface area contributed by atoms with Crippen LogP contribution in [0.4, 0.5) is 0 Å². The Morgan fingerprint density at radius 3 is 2.69 bits per heavy atom. The van der Waals surface area contributed by atoms with Crippen LogP contribution >= 0.6 is 15.9 Å². The number of pyridine rings is 1. The summed E-state index contributed by atoms with van der Waals surface area (Å²) < 4.78 is 22.6. The first-order chi connectivity index (χ1) is 7.44. The van der Waals surface area contributed by atoms with Gasteiger partial charge in [-0.15, -0.1) is 0 Å². The predicted molar refractivity (Wildman–Crippen MR) is 66.3 cm³/mol. The molecule has 4 nitrogen and oxygen atoms in total. The Morgan fingerprint density at radius 2 is 2.00 bits per heavy atom. The quantitative estimate of drug-likeness (QED) is 0.859. The molecule has 0 spiro atoms. The molecule has 84 valence electrons. The number of nitrogens with two attached hydrogens (primary N) is 1. The van der Waals surface area contributed by atoms with Crippen molar-refractivity contribution < 1.29 is 8.42 Å². The lowest BCUT2D eigenvalue weighted by molar-refractivity contribution is 0.597. The number of halogens is 1. The Balaban J connectivity index is 2.49. The van der Waals surface area contributed by atoms with Crippen LogP contribution in [0.1, 0.15) is 5.56 Å². The zero-order valence-corrected chi connectivity index (χ0v) is 10.6. The summed E-state index contributed by atoms with van der Waals surface area (Å²) in [4.78, 5) is 4.08. The summed E-state index contributed by atoms with van der Waals surface area (Å²) in [5, 5.41) is 6.88. The lowest BCUT2D eigenvalue weighted by atomic mass is 10.1. The maximum atomic E-state index is 10.9. The van der Waals surface area contributed by atoms with Gasteiger partial charge in [0.05, 0.1) is 5.75 Å². The standard InChI is InChI=1S/C10H9BrN2O2S/c11-10-4-8-2-1-7(6-16(12,14)15)3-9(8)5-13-10/h1-5H,6H2,(H2,12,14,15). The number of nitrogens with zero attached hydrogens (tertiary/aromatic N) is 1. The third-order valence-corrected chi connectivity index (χ3v) is 3.29. The van der Waals surface area contributed by atoms with Gasteiger partial charge in [-0.1, -0.05) is 12.1 Å². The molecule has 0 aliphatic rings. The monoisotopic (exact) mass is 300 g/mol. The Bertz CT molecular complexity index is 640. The van der Waals surface area contributed by atoms with E-state index in [1.54, 1.807) is 18.3 Å². The van der Waals surface area contributed by atoms with Crippen LogP contribution in [0.3, 0.4) is 0 Å². The Kier molecular flexibility index (Phi) is 2.96. The zero-order chi connectivity index (χ0) is 11.8. The highest BCUT2D eigenvalue weighted by molar-refractivity contribution is 9.10. The van der Waals surface area contributed by atoms with Crippen LogP contribution in [0.25, 0.3) is 10.8 Å². The van der Waals surface area contributed by atoms with Gasteiger partial charge in [-0.2, -0.15) is 0 Å². The van der Waals surface area contributed by atoms with Crippen molar-refractivity contribution in [2.24, 2.45) is 5.14 Å². The van der Waals surface area contributed by atoms with Crippen LogP contribution in [0.15, 0.2) is 35.1 Å². The molecule has 2 rings (SSSR count). The number of fused-ring (bicyclic) bond motifs is 1. The van der Waals surface area contributed by atoms with Gasteiger partial charge < -0.3 is 0 Å². The maximum Gasteiger partial charge on any atom is 0.213 e. The van der Waals surface area contributed by atoms with Gasteiger partial charge in [0.25, 0.3) is 0 Å². The van der Waals surface area contributed by atoms with Crippen molar-refractivity contribution in [1.29, 1.82) is 0 Å². The molecule has 0 radical (unpaired) electrons. The molecule has 0 aliphatic carbocycles. The topological polar surface area (TPSA) is 73.1 Å². The average Bonchev–Trinajstić information content (AvgIpc) is 2.16. The van der Waals surface area contributed by atoms with Crippen LogP contribution in [0, 0.1) is 0 Å². The largest absolute Gasteiger partial charge is 0.249 e. The van der Waals surface area contributed by atoms with E-state index in [2.05, 4.69) is 20.9 Å². The average molecular weight is 301 g/mol. The molecule has 0 aliphatic heterocycles. The third-order valence-electron chi connectivity index (χ3n) is 2.12. The molecule has 1 aromatic heterocycles. The van der Waals surface area contributed by atoms with Crippen LogP contribution in [0.5, 0.6) is 0 Å². The molecule has 16 heavy (non-hydrogen) atoms. The minimum Gasteiger partial charge on any atom is -0.249 e. The lowest BCUT2D eigenvalue weighted by Gasteiger charge is -2.02. The van der Waals surface area contributed by atoms with Crippen molar-refractivity contribution in [3.8, 4) is 0 Å². The van der Waals surface area contributed by atoms with Crippen LogP contribution in [-0.2, 0) is 15.8 Å². The lowest BCUT2D eigenvalue weighted by Crippen LogP contribution is -2.14. The number of benzene rings is 1. The number of hydrogen-bond donors (Lipinski definition) is 1. The molecular weight excluding hydrogens is 292 g/mol. The van der Waals surface area contributed by atoms with E-state index in [-0.39, 0.29) is 5.75 Å². The third kappa shape index (κ3) is 2.78. The van der Waals surface area contributed by atoms with Gasteiger partial charge in [-0.3, -0.25) is 0 Å². The fraction of sp³-hybridized carbons (Fsp3) is 0.100. The van der Waals surface area contributed by atoms with Gasteiger partial charge in [0.1, 0.15) is 4.60 Å². The summed E-state index contributed by atoms with van der Waals surface area (Å²) in [6, 6.07) is 7.25. The molecule has 0 saturated carbocycles. The van der Waals surface area contributed by atoms with Gasteiger partial charge in [-0.05, 0) is 39.0 Å². The molecule has 2 N–H and O–H groups in total. The van der Waals surface area contributed by atoms with Crippen molar-refractivity contribution in [1.82, 2.24) is 4.98 Å². The summed E-state index contributed by atoms with van der Waals surface area (Å²) in [6.45, 7) is 0. The molecule has 0 amide bonds. The number of aromatic nitrogens is 1. The van der Waals surface area contributed by atoms with E-state index < -0.39 is 10.0 Å². The summed E-state index contributed by atoms with van der Waals surface area (Å²) in [7, 11) is -3.48. The summed E-state index contributed by atoms with van der Waals surface area (Å²) in [6.07, 6.45) is 1.69. The Labute approximate surface area is 102 Å². The highest BCUT2D eigenvalue weighted by Gasteiger charge is 2.05. The minimum absolute atomic E-state index is 0.154. The molecule has 0 atom stereocenters. The highest BCUT2D eigenvalue weighted by Crippen LogP contribution is 2.19. The van der Waals surface area contributed by atoms with Gasteiger partial charge in [0, 0.05) is 11.6 Å². The SMILES string of the molecule is NS(=O)(=O)Cc1ccc2cc(Br)ncc2c1. The van der Waals surface area contributed by atoms with Crippen molar-refractivity contribution >= 4 is 36.7 Å². The Morgan fingerprint density at radius 1 is 1.25 bits per heavy atom. The minimum atomic E-state index is -3.48. The summed E-state index contributed by atoms with van der Waals surface area (Å²) >= 11 is 3.27. The van der Waals surface area contributed by atoms with E-state index in [9.17, 15) is 8.42 Å². The fourth-order valence-corrected chi connectivity index (χ4v) is 2.48. The highest BCUT2D eigenvalue weighted by atomic mass is 79.9. The number of primary sulfonamides is 1. The first-order valence-electron chi connectivity index (χ1n) is 4.49. The van der Waals surface area contributed by atoms with Gasteiger partial charge >= 0.3 is 0 Å². The van der Waals surface area contributed by atoms with E-state index in [0.29, 0.717) is 5.56 Å². The first-order valence-corrected chi connectivity index (χ1v) is 6.99. The molecular formula is C10H9BrN2O2S. The first kappa shape index (κ1) is 11.5. The van der Waals surface area contributed by atoms with Crippen molar-refractivity contribution in [3.05, 3.63) is 40.6 Å². The number of sulfonamides is 1. The smallest absolute Gasteiger partial charge is 0.213 e. The summed E-state index contributed by atoms with van der Waals surface area (Å²) in [5.41, 5.74) is 0.666. The molecule has 6 heteroatoms. The second-order valence-corrected chi connectivity index (χ2v) is 5.92. The normalized spacial score (nSPS) is 11.9. The van der Waals surface area contributed by atoms with E-state index in [1.165, 1.54) is 0 Å². The maximum absolute atomic E-state index is 10.9. The molecule has 2 aromatic rings. The Hall–Kier alpha value is -0.980. The van der Waals surface area contributed by atoms with Crippen molar-refractivity contribution in [3.63, 3.8) is 0 Å². The van der Waals surface area contributed by atoms with Crippen LogP contribution in [-0.4, -0.2) is 13.4 Å². The van der Waals surface area contributed by atoms with Crippen molar-refractivity contribution in [2.75, 3.05) is 0 Å². The van der Waals surface area contributed by atoms with Gasteiger partial charge in [-0.25, -0.2) is 18.5 Å². The number of rotatable bonds is 2. The number of hydrogen-bond acceptors (Lipinski definition) is 3. The molecule has 0 bridgehead atoms. The molecule has 0 saturated heterocycles.